The summed E-state index contributed by atoms with van der Waals surface area (Å²) in [5.74, 6) is -0.513. The maximum absolute atomic E-state index is 12.6. The normalized spacial score (nSPS) is 17.0. The average molecular weight is 309 g/mol. The molecule has 1 amide bonds. The van der Waals surface area contributed by atoms with Crippen molar-refractivity contribution in [2.75, 3.05) is 5.73 Å². The van der Waals surface area contributed by atoms with Crippen LogP contribution in [0.25, 0.3) is 11.1 Å². The Hall–Kier alpha value is -3.02. The lowest BCUT2D eigenvalue weighted by molar-refractivity contribution is 0.0723. The molecule has 0 saturated heterocycles. The van der Waals surface area contributed by atoms with Crippen molar-refractivity contribution in [3.8, 4) is 0 Å². The third-order valence-corrected chi connectivity index (χ3v) is 4.32. The molecule has 23 heavy (non-hydrogen) atoms. The Kier molecular flexibility index (Phi) is 2.81. The zero-order chi connectivity index (χ0) is 16.1. The van der Waals surface area contributed by atoms with Gasteiger partial charge >= 0.3 is 5.76 Å². The van der Waals surface area contributed by atoms with Crippen molar-refractivity contribution in [2.24, 2.45) is 0 Å². The van der Waals surface area contributed by atoms with E-state index in [1.807, 2.05) is 25.1 Å². The van der Waals surface area contributed by atoms with Crippen molar-refractivity contribution in [1.82, 2.24) is 9.88 Å². The largest absolute Gasteiger partial charge is 0.417 e. The number of nitrogens with one attached hydrogen (secondary N) is 1. The van der Waals surface area contributed by atoms with Gasteiger partial charge in [0.1, 0.15) is 0 Å². The van der Waals surface area contributed by atoms with E-state index in [0.717, 1.165) is 11.1 Å². The van der Waals surface area contributed by atoms with E-state index in [1.165, 1.54) is 0 Å². The molecule has 1 aromatic heterocycles. The lowest BCUT2D eigenvalue weighted by Crippen LogP contribution is -2.26. The van der Waals surface area contributed by atoms with Crippen molar-refractivity contribution in [1.29, 1.82) is 0 Å². The highest BCUT2D eigenvalue weighted by molar-refractivity contribution is 6.00. The molecule has 3 aromatic rings. The number of amides is 1. The Morgan fingerprint density at radius 3 is 2.87 bits per heavy atom. The van der Waals surface area contributed by atoms with Crippen LogP contribution in [0.3, 0.4) is 0 Å². The Morgan fingerprint density at radius 2 is 2.04 bits per heavy atom. The van der Waals surface area contributed by atoms with Gasteiger partial charge in [-0.1, -0.05) is 12.1 Å². The first-order chi connectivity index (χ1) is 11.0. The van der Waals surface area contributed by atoms with Gasteiger partial charge < -0.3 is 15.1 Å². The second-order valence-corrected chi connectivity index (χ2v) is 5.80. The molecule has 1 aliphatic heterocycles. The standard InChI is InChI=1S/C17H15N3O3/c1-9-12-4-3-11(18)7-13(12)16(21)20(9)8-10-2-5-14-15(6-10)23-17(22)19-14/h2-7,9H,8,18H2,1H3,(H,19,22). The highest BCUT2D eigenvalue weighted by Crippen LogP contribution is 2.35. The molecule has 4 rings (SSSR count). The number of carbonyl (C=O) groups is 1. The van der Waals surface area contributed by atoms with Crippen LogP contribution in [-0.4, -0.2) is 15.8 Å². The molecule has 2 heterocycles. The van der Waals surface area contributed by atoms with Crippen LogP contribution >= 0.6 is 0 Å². The summed E-state index contributed by atoms with van der Waals surface area (Å²) in [5.41, 5.74) is 10.1. The topological polar surface area (TPSA) is 92.3 Å². The number of aromatic amines is 1. The summed E-state index contributed by atoms with van der Waals surface area (Å²) in [6, 6.07) is 10.9. The van der Waals surface area contributed by atoms with Gasteiger partial charge in [-0.3, -0.25) is 9.78 Å². The van der Waals surface area contributed by atoms with Gasteiger partial charge in [-0.15, -0.1) is 0 Å². The molecule has 3 N–H and O–H groups in total. The number of anilines is 1. The summed E-state index contributed by atoms with van der Waals surface area (Å²) in [6.07, 6.45) is 0. The number of fused-ring (bicyclic) bond motifs is 2. The molecule has 0 saturated carbocycles. The number of hydrogen-bond acceptors (Lipinski definition) is 4. The molecule has 116 valence electrons. The molecule has 0 fully saturated rings. The summed E-state index contributed by atoms with van der Waals surface area (Å²) in [5, 5.41) is 0. The smallest absolute Gasteiger partial charge is 0.408 e. The Bertz CT molecular complexity index is 986. The fourth-order valence-electron chi connectivity index (χ4n) is 3.12. The summed E-state index contributed by atoms with van der Waals surface area (Å²) < 4.78 is 5.07. The molecule has 0 spiro atoms. The predicted molar refractivity (Wildman–Crippen MR) is 86.0 cm³/mol. The minimum Gasteiger partial charge on any atom is -0.408 e. The lowest BCUT2D eigenvalue weighted by Gasteiger charge is -2.22. The number of nitrogens with two attached hydrogens (primary N) is 1. The third-order valence-electron chi connectivity index (χ3n) is 4.32. The fraction of sp³-hybridized carbons (Fsp3) is 0.176. The van der Waals surface area contributed by atoms with Gasteiger partial charge in [0.25, 0.3) is 5.91 Å². The molecule has 6 heteroatoms. The number of carbonyl (C=O) groups excluding carboxylic acids is 1. The highest BCUT2D eigenvalue weighted by Gasteiger charge is 2.33. The summed E-state index contributed by atoms with van der Waals surface area (Å²) in [7, 11) is 0. The number of H-pyrrole nitrogens is 1. The Labute approximate surface area is 131 Å². The van der Waals surface area contributed by atoms with Crippen LogP contribution in [0.4, 0.5) is 5.69 Å². The van der Waals surface area contributed by atoms with Gasteiger partial charge in [0.05, 0.1) is 11.6 Å². The van der Waals surface area contributed by atoms with E-state index in [1.54, 1.807) is 23.1 Å². The lowest BCUT2D eigenvalue weighted by atomic mass is 10.1. The maximum atomic E-state index is 12.6. The van der Waals surface area contributed by atoms with Crippen LogP contribution in [0.15, 0.2) is 45.6 Å². The van der Waals surface area contributed by atoms with Crippen LogP contribution in [-0.2, 0) is 6.54 Å². The molecule has 0 aliphatic carbocycles. The van der Waals surface area contributed by atoms with Crippen LogP contribution in [0.1, 0.15) is 34.5 Å². The molecule has 1 atom stereocenters. The molecule has 1 unspecified atom stereocenters. The summed E-state index contributed by atoms with van der Waals surface area (Å²) in [6.45, 7) is 2.44. The molecule has 0 bridgehead atoms. The van der Waals surface area contributed by atoms with E-state index in [2.05, 4.69) is 4.98 Å². The van der Waals surface area contributed by atoms with E-state index >= 15 is 0 Å². The van der Waals surface area contributed by atoms with Crippen molar-refractivity contribution < 1.29 is 9.21 Å². The van der Waals surface area contributed by atoms with Crippen molar-refractivity contribution in [3.05, 3.63) is 63.6 Å². The molecular weight excluding hydrogens is 294 g/mol. The second kappa shape index (κ2) is 4.74. The number of oxazole rings is 1. The third kappa shape index (κ3) is 2.11. The van der Waals surface area contributed by atoms with E-state index in [0.29, 0.717) is 28.9 Å². The first-order valence-corrected chi connectivity index (χ1v) is 7.35. The number of nitrogens with zero attached hydrogens (tertiary/aromatic N) is 1. The predicted octanol–water partition coefficient (Wildman–Crippen LogP) is 2.42. The van der Waals surface area contributed by atoms with Gasteiger partial charge in [-0.05, 0) is 42.3 Å². The highest BCUT2D eigenvalue weighted by atomic mass is 16.4. The van der Waals surface area contributed by atoms with Gasteiger partial charge in [0.2, 0.25) is 0 Å². The zero-order valence-corrected chi connectivity index (χ0v) is 12.5. The fourth-order valence-corrected chi connectivity index (χ4v) is 3.12. The zero-order valence-electron chi connectivity index (χ0n) is 12.5. The second-order valence-electron chi connectivity index (χ2n) is 5.80. The van der Waals surface area contributed by atoms with Crippen LogP contribution in [0.5, 0.6) is 0 Å². The minimum absolute atomic E-state index is 0.0213. The monoisotopic (exact) mass is 309 g/mol. The minimum atomic E-state index is -0.481. The Morgan fingerprint density at radius 1 is 1.22 bits per heavy atom. The SMILES string of the molecule is CC1c2ccc(N)cc2C(=O)N1Cc1ccc2[nH]c(=O)oc2c1. The van der Waals surface area contributed by atoms with E-state index in [4.69, 9.17) is 10.2 Å². The van der Waals surface area contributed by atoms with E-state index < -0.39 is 5.76 Å². The van der Waals surface area contributed by atoms with Gasteiger partial charge in [-0.2, -0.15) is 0 Å². The first kappa shape index (κ1) is 13.6. The number of nitrogen functional groups attached to an aromatic ring is 1. The number of benzene rings is 2. The number of rotatable bonds is 2. The molecular formula is C17H15N3O3. The van der Waals surface area contributed by atoms with Crippen molar-refractivity contribution in [3.63, 3.8) is 0 Å². The van der Waals surface area contributed by atoms with Crippen LogP contribution in [0.2, 0.25) is 0 Å². The van der Waals surface area contributed by atoms with E-state index in [9.17, 15) is 9.59 Å². The molecule has 0 radical (unpaired) electrons. The van der Waals surface area contributed by atoms with Crippen LogP contribution < -0.4 is 11.5 Å². The number of aromatic nitrogens is 1. The first-order valence-electron chi connectivity index (χ1n) is 7.35. The van der Waals surface area contributed by atoms with Crippen LogP contribution in [0, 0.1) is 0 Å². The van der Waals surface area contributed by atoms with Crippen molar-refractivity contribution in [2.45, 2.75) is 19.5 Å². The van der Waals surface area contributed by atoms with Gasteiger partial charge in [0, 0.05) is 17.8 Å². The maximum Gasteiger partial charge on any atom is 0.417 e. The Balaban J connectivity index is 1.68. The van der Waals surface area contributed by atoms with Crippen molar-refractivity contribution >= 4 is 22.7 Å². The molecule has 1 aliphatic rings. The summed E-state index contributed by atoms with van der Waals surface area (Å²) >= 11 is 0. The summed E-state index contributed by atoms with van der Waals surface area (Å²) in [4.78, 5) is 28.2. The number of hydrogen-bond donors (Lipinski definition) is 2. The molecule has 6 nitrogen and oxygen atoms in total. The molecule has 2 aromatic carbocycles. The van der Waals surface area contributed by atoms with E-state index in [-0.39, 0.29) is 11.9 Å². The van der Waals surface area contributed by atoms with Gasteiger partial charge in [0.15, 0.2) is 5.58 Å². The average Bonchev–Trinajstić information content (AvgIpc) is 2.99. The quantitative estimate of drug-likeness (QED) is 0.711. The van der Waals surface area contributed by atoms with Gasteiger partial charge in [-0.25, -0.2) is 4.79 Å².